The summed E-state index contributed by atoms with van der Waals surface area (Å²) in [7, 11) is 0. The summed E-state index contributed by atoms with van der Waals surface area (Å²) in [4.78, 5) is 13.6. The van der Waals surface area contributed by atoms with Gasteiger partial charge in [-0.15, -0.1) is 0 Å². The Bertz CT molecular complexity index is 452. The number of benzene rings is 1. The van der Waals surface area contributed by atoms with Gasteiger partial charge in [0.1, 0.15) is 5.82 Å². The minimum atomic E-state index is -1.01. The molecule has 0 unspecified atom stereocenters. The third-order valence-electron chi connectivity index (χ3n) is 3.51. The number of aliphatic hydroxyl groups excluding tert-OH is 2. The molecule has 0 spiro atoms. The van der Waals surface area contributed by atoms with E-state index in [1.807, 2.05) is 0 Å². The molecule has 1 saturated heterocycles. The van der Waals surface area contributed by atoms with Crippen LogP contribution in [-0.4, -0.2) is 40.2 Å². The number of amides is 1. The van der Waals surface area contributed by atoms with Crippen molar-refractivity contribution in [3.05, 3.63) is 35.6 Å². The summed E-state index contributed by atoms with van der Waals surface area (Å²) in [6.07, 6.45) is 0.564. The molecule has 2 N–H and O–H groups in total. The SMILES string of the molecule is O=C(C[C@@H](O)c1cccc(F)c1)N1CCC[C@@H]1CO. The molecule has 1 amide bonds. The maximum absolute atomic E-state index is 13.0. The third-order valence-corrected chi connectivity index (χ3v) is 3.51. The molecule has 1 aromatic rings. The number of carbonyl (C=O) groups is 1. The smallest absolute Gasteiger partial charge is 0.225 e. The zero-order valence-electron chi connectivity index (χ0n) is 10.6. The van der Waals surface area contributed by atoms with E-state index < -0.39 is 11.9 Å². The maximum Gasteiger partial charge on any atom is 0.225 e. The van der Waals surface area contributed by atoms with E-state index in [2.05, 4.69) is 0 Å². The molecule has 2 atom stereocenters. The van der Waals surface area contributed by atoms with Crippen molar-refractivity contribution in [3.8, 4) is 0 Å². The van der Waals surface area contributed by atoms with E-state index in [-0.39, 0.29) is 25.0 Å². The first-order valence-corrected chi connectivity index (χ1v) is 6.45. The first kappa shape index (κ1) is 14.0. The number of halogens is 1. The van der Waals surface area contributed by atoms with Gasteiger partial charge in [0.2, 0.25) is 5.91 Å². The number of hydrogen-bond acceptors (Lipinski definition) is 3. The number of hydrogen-bond donors (Lipinski definition) is 2. The molecule has 104 valence electrons. The number of likely N-dealkylation sites (tertiary alicyclic amines) is 1. The average Bonchev–Trinajstić information content (AvgIpc) is 2.87. The lowest BCUT2D eigenvalue weighted by atomic mass is 10.1. The molecule has 0 radical (unpaired) electrons. The topological polar surface area (TPSA) is 60.8 Å². The van der Waals surface area contributed by atoms with Crippen LogP contribution in [0.2, 0.25) is 0 Å². The standard InChI is InChI=1S/C14H18FNO3/c15-11-4-1-3-10(7-11)13(18)8-14(19)16-6-2-5-12(16)9-17/h1,3-4,7,12-13,17-18H,2,5-6,8-9H2/t12-,13-/m1/s1. The van der Waals surface area contributed by atoms with Crippen molar-refractivity contribution in [1.29, 1.82) is 0 Å². The molecule has 1 aliphatic heterocycles. The minimum Gasteiger partial charge on any atom is -0.394 e. The van der Waals surface area contributed by atoms with Crippen LogP contribution in [0.25, 0.3) is 0 Å². The van der Waals surface area contributed by atoms with Crippen LogP contribution in [0.15, 0.2) is 24.3 Å². The highest BCUT2D eigenvalue weighted by molar-refractivity contribution is 5.77. The van der Waals surface area contributed by atoms with Gasteiger partial charge >= 0.3 is 0 Å². The van der Waals surface area contributed by atoms with Crippen molar-refractivity contribution in [3.63, 3.8) is 0 Å². The zero-order chi connectivity index (χ0) is 13.8. The lowest BCUT2D eigenvalue weighted by Gasteiger charge is -2.24. The maximum atomic E-state index is 13.0. The number of rotatable bonds is 4. The molecule has 0 aromatic heterocycles. The predicted molar refractivity (Wildman–Crippen MR) is 67.8 cm³/mol. The molecule has 1 fully saturated rings. The summed E-state index contributed by atoms with van der Waals surface area (Å²) >= 11 is 0. The quantitative estimate of drug-likeness (QED) is 0.862. The Kier molecular flexibility index (Phi) is 4.50. The van der Waals surface area contributed by atoms with Crippen LogP contribution in [0.3, 0.4) is 0 Å². The number of aliphatic hydroxyl groups is 2. The second kappa shape index (κ2) is 6.12. The first-order valence-electron chi connectivity index (χ1n) is 6.45. The lowest BCUT2D eigenvalue weighted by molar-refractivity contribution is -0.134. The minimum absolute atomic E-state index is 0.0538. The molecule has 1 aliphatic rings. The van der Waals surface area contributed by atoms with Crippen LogP contribution in [0.4, 0.5) is 4.39 Å². The van der Waals surface area contributed by atoms with Gasteiger partial charge in [0.25, 0.3) is 0 Å². The van der Waals surface area contributed by atoms with Gasteiger partial charge in [-0.3, -0.25) is 4.79 Å². The molecule has 4 nitrogen and oxygen atoms in total. The van der Waals surface area contributed by atoms with Crippen LogP contribution in [-0.2, 0) is 4.79 Å². The van der Waals surface area contributed by atoms with E-state index in [0.29, 0.717) is 12.1 Å². The Morgan fingerprint density at radius 3 is 3.00 bits per heavy atom. The number of nitrogens with zero attached hydrogens (tertiary/aromatic N) is 1. The molecular weight excluding hydrogens is 249 g/mol. The van der Waals surface area contributed by atoms with Crippen LogP contribution in [0.1, 0.15) is 30.9 Å². The summed E-state index contributed by atoms with van der Waals surface area (Å²) < 4.78 is 13.0. The summed E-state index contributed by atoms with van der Waals surface area (Å²) in [5.41, 5.74) is 0.396. The van der Waals surface area contributed by atoms with Gasteiger partial charge in [-0.05, 0) is 30.5 Å². The van der Waals surface area contributed by atoms with E-state index in [1.165, 1.54) is 18.2 Å². The molecule has 0 saturated carbocycles. The Morgan fingerprint density at radius 1 is 1.53 bits per heavy atom. The molecule has 2 rings (SSSR count). The van der Waals surface area contributed by atoms with Gasteiger partial charge in [0, 0.05) is 6.54 Å². The summed E-state index contributed by atoms with van der Waals surface area (Å²) in [5.74, 6) is -0.633. The first-order chi connectivity index (χ1) is 9.11. The van der Waals surface area contributed by atoms with Crippen molar-refractivity contribution in [2.24, 2.45) is 0 Å². The Labute approximate surface area is 111 Å². The van der Waals surface area contributed by atoms with Crippen molar-refractivity contribution in [2.45, 2.75) is 31.4 Å². The second-order valence-electron chi connectivity index (χ2n) is 4.84. The molecule has 1 aromatic carbocycles. The fraction of sp³-hybridized carbons (Fsp3) is 0.500. The molecule has 0 bridgehead atoms. The normalized spacial score (nSPS) is 20.6. The van der Waals surface area contributed by atoms with Crippen LogP contribution in [0, 0.1) is 5.82 Å². The largest absolute Gasteiger partial charge is 0.394 e. The van der Waals surface area contributed by atoms with Gasteiger partial charge in [0.05, 0.1) is 25.2 Å². The number of carbonyl (C=O) groups excluding carboxylic acids is 1. The molecule has 5 heteroatoms. The van der Waals surface area contributed by atoms with Crippen LogP contribution in [0.5, 0.6) is 0 Å². The fourth-order valence-corrected chi connectivity index (χ4v) is 2.47. The fourth-order valence-electron chi connectivity index (χ4n) is 2.47. The highest BCUT2D eigenvalue weighted by Crippen LogP contribution is 2.23. The van der Waals surface area contributed by atoms with Crippen molar-refractivity contribution in [2.75, 3.05) is 13.2 Å². The van der Waals surface area contributed by atoms with E-state index in [4.69, 9.17) is 5.11 Å². The predicted octanol–water partition coefficient (Wildman–Crippen LogP) is 1.23. The van der Waals surface area contributed by atoms with E-state index in [9.17, 15) is 14.3 Å². The van der Waals surface area contributed by atoms with Crippen molar-refractivity contribution in [1.82, 2.24) is 4.90 Å². The zero-order valence-corrected chi connectivity index (χ0v) is 10.6. The molecule has 1 heterocycles. The summed E-state index contributed by atoms with van der Waals surface area (Å²) in [5, 5.41) is 19.1. The Hall–Kier alpha value is -1.46. The van der Waals surface area contributed by atoms with Crippen molar-refractivity contribution < 1.29 is 19.4 Å². The third kappa shape index (κ3) is 3.30. The molecule has 19 heavy (non-hydrogen) atoms. The Balaban J connectivity index is 1.98. The molecule has 0 aliphatic carbocycles. The van der Waals surface area contributed by atoms with E-state index >= 15 is 0 Å². The van der Waals surface area contributed by atoms with Crippen LogP contribution < -0.4 is 0 Å². The summed E-state index contributed by atoms with van der Waals surface area (Å²) in [6.45, 7) is 0.557. The molecular formula is C14H18FNO3. The Morgan fingerprint density at radius 2 is 2.32 bits per heavy atom. The second-order valence-corrected chi connectivity index (χ2v) is 4.84. The van der Waals surface area contributed by atoms with E-state index in [1.54, 1.807) is 11.0 Å². The van der Waals surface area contributed by atoms with Gasteiger partial charge in [-0.2, -0.15) is 0 Å². The van der Waals surface area contributed by atoms with Crippen molar-refractivity contribution >= 4 is 5.91 Å². The van der Waals surface area contributed by atoms with Crippen LogP contribution >= 0.6 is 0 Å². The van der Waals surface area contributed by atoms with Gasteiger partial charge < -0.3 is 15.1 Å². The monoisotopic (exact) mass is 267 g/mol. The van der Waals surface area contributed by atoms with E-state index in [0.717, 1.165) is 12.8 Å². The van der Waals surface area contributed by atoms with Gasteiger partial charge in [-0.1, -0.05) is 12.1 Å². The summed E-state index contributed by atoms with van der Waals surface area (Å²) in [6, 6.07) is 5.47. The average molecular weight is 267 g/mol. The van der Waals surface area contributed by atoms with Gasteiger partial charge in [0.15, 0.2) is 0 Å². The highest BCUT2D eigenvalue weighted by atomic mass is 19.1. The van der Waals surface area contributed by atoms with Gasteiger partial charge in [-0.25, -0.2) is 4.39 Å². The lowest BCUT2D eigenvalue weighted by Crippen LogP contribution is -2.38. The highest BCUT2D eigenvalue weighted by Gasteiger charge is 2.29.